The van der Waals surface area contributed by atoms with Crippen molar-refractivity contribution in [1.82, 2.24) is 14.9 Å². The van der Waals surface area contributed by atoms with Crippen LogP contribution in [0.3, 0.4) is 0 Å². The smallest absolute Gasteiger partial charge is 0.225 e. The van der Waals surface area contributed by atoms with Crippen molar-refractivity contribution >= 4 is 11.8 Å². The zero-order valence-corrected chi connectivity index (χ0v) is 14.3. The molecule has 1 aliphatic carbocycles. The van der Waals surface area contributed by atoms with Crippen molar-refractivity contribution in [2.45, 2.75) is 78.0 Å². The summed E-state index contributed by atoms with van der Waals surface area (Å²) in [5, 5.41) is 6.98. The maximum absolute atomic E-state index is 4.77. The molecule has 5 nitrogen and oxygen atoms in total. The van der Waals surface area contributed by atoms with Crippen LogP contribution in [0.2, 0.25) is 0 Å². The average molecular weight is 303 g/mol. The van der Waals surface area contributed by atoms with Crippen molar-refractivity contribution in [2.24, 2.45) is 0 Å². The number of hydrogen-bond donors (Lipinski definition) is 2. The Morgan fingerprint density at radius 3 is 2.64 bits per heavy atom. The van der Waals surface area contributed by atoms with Gasteiger partial charge >= 0.3 is 0 Å². The van der Waals surface area contributed by atoms with E-state index in [2.05, 4.69) is 43.2 Å². The standard InChI is InChI=1S/C17H29N5/c1-5-12(4)22-9-8-15-14(10-22)16(19-13-6-7-13)21-17(20-15)18-11(2)3/h11-13H,5-10H2,1-4H3,(H2,18,19,20,21). The molecular weight excluding hydrogens is 274 g/mol. The Kier molecular flexibility index (Phi) is 4.52. The predicted molar refractivity (Wildman–Crippen MR) is 91.3 cm³/mol. The van der Waals surface area contributed by atoms with Crippen molar-refractivity contribution in [1.29, 1.82) is 0 Å². The Hall–Kier alpha value is -1.36. The van der Waals surface area contributed by atoms with Crippen molar-refractivity contribution < 1.29 is 0 Å². The minimum atomic E-state index is 0.354. The van der Waals surface area contributed by atoms with Gasteiger partial charge in [-0.25, -0.2) is 4.98 Å². The number of nitrogens with zero attached hydrogens (tertiary/aromatic N) is 3. The third-order valence-electron chi connectivity index (χ3n) is 4.64. The van der Waals surface area contributed by atoms with E-state index < -0.39 is 0 Å². The molecule has 122 valence electrons. The van der Waals surface area contributed by atoms with Crippen LogP contribution in [0.15, 0.2) is 0 Å². The Bertz CT molecular complexity index is 524. The third-order valence-corrected chi connectivity index (χ3v) is 4.64. The fraction of sp³-hybridized carbons (Fsp3) is 0.765. The Morgan fingerprint density at radius 1 is 1.23 bits per heavy atom. The van der Waals surface area contributed by atoms with E-state index in [-0.39, 0.29) is 0 Å². The molecule has 0 aromatic carbocycles. The molecule has 22 heavy (non-hydrogen) atoms. The molecule has 2 heterocycles. The highest BCUT2D eigenvalue weighted by molar-refractivity contribution is 5.53. The Morgan fingerprint density at radius 2 is 2.00 bits per heavy atom. The molecule has 2 N–H and O–H groups in total. The van der Waals surface area contributed by atoms with Crippen molar-refractivity contribution in [2.75, 3.05) is 17.2 Å². The van der Waals surface area contributed by atoms with E-state index in [4.69, 9.17) is 9.97 Å². The van der Waals surface area contributed by atoms with Crippen LogP contribution in [0.5, 0.6) is 0 Å². The molecule has 0 bridgehead atoms. The predicted octanol–water partition coefficient (Wildman–Crippen LogP) is 3.03. The van der Waals surface area contributed by atoms with E-state index in [0.717, 1.165) is 31.3 Å². The van der Waals surface area contributed by atoms with Crippen LogP contribution in [0, 0.1) is 0 Å². The summed E-state index contributed by atoms with van der Waals surface area (Å²) in [7, 11) is 0. The molecule has 0 saturated heterocycles. The maximum atomic E-state index is 4.77. The normalized spacial score (nSPS) is 19.9. The van der Waals surface area contributed by atoms with Gasteiger partial charge in [0.15, 0.2) is 0 Å². The summed E-state index contributed by atoms with van der Waals surface area (Å²) in [6.45, 7) is 10.9. The summed E-state index contributed by atoms with van der Waals surface area (Å²) in [5.41, 5.74) is 2.54. The van der Waals surface area contributed by atoms with Gasteiger partial charge in [0.2, 0.25) is 5.95 Å². The van der Waals surface area contributed by atoms with Gasteiger partial charge in [0.05, 0.1) is 5.69 Å². The molecule has 0 radical (unpaired) electrons. The van der Waals surface area contributed by atoms with Gasteiger partial charge in [-0.3, -0.25) is 4.90 Å². The summed E-state index contributed by atoms with van der Waals surface area (Å²) < 4.78 is 0. The second-order valence-electron chi connectivity index (χ2n) is 7.02. The van der Waals surface area contributed by atoms with Gasteiger partial charge in [0.1, 0.15) is 5.82 Å². The molecule has 2 aliphatic rings. The second kappa shape index (κ2) is 6.41. The first-order valence-corrected chi connectivity index (χ1v) is 8.73. The largest absolute Gasteiger partial charge is 0.367 e. The highest BCUT2D eigenvalue weighted by atomic mass is 15.2. The van der Waals surface area contributed by atoms with E-state index in [1.165, 1.54) is 30.5 Å². The molecule has 5 heteroatoms. The van der Waals surface area contributed by atoms with Crippen LogP contribution in [0.1, 0.15) is 58.2 Å². The molecule has 1 fully saturated rings. The fourth-order valence-corrected chi connectivity index (χ4v) is 2.93. The number of rotatable bonds is 6. The zero-order chi connectivity index (χ0) is 15.7. The van der Waals surface area contributed by atoms with Gasteiger partial charge in [-0.05, 0) is 40.0 Å². The van der Waals surface area contributed by atoms with Gasteiger partial charge in [0.25, 0.3) is 0 Å². The lowest BCUT2D eigenvalue weighted by molar-refractivity contribution is 0.185. The van der Waals surface area contributed by atoms with Crippen molar-refractivity contribution in [3.63, 3.8) is 0 Å². The molecular formula is C17H29N5. The first kappa shape index (κ1) is 15.5. The van der Waals surface area contributed by atoms with Crippen LogP contribution in [0.25, 0.3) is 0 Å². The number of anilines is 2. The molecule has 0 amide bonds. The number of hydrogen-bond acceptors (Lipinski definition) is 5. The summed E-state index contributed by atoms with van der Waals surface area (Å²) in [4.78, 5) is 12.1. The molecule has 1 aliphatic heterocycles. The zero-order valence-electron chi connectivity index (χ0n) is 14.3. The van der Waals surface area contributed by atoms with Crippen LogP contribution < -0.4 is 10.6 Å². The molecule has 0 spiro atoms. The minimum absolute atomic E-state index is 0.354. The van der Waals surface area contributed by atoms with Crippen molar-refractivity contribution in [3.05, 3.63) is 11.3 Å². The monoisotopic (exact) mass is 303 g/mol. The third kappa shape index (κ3) is 3.51. The molecule has 3 rings (SSSR count). The second-order valence-corrected chi connectivity index (χ2v) is 7.02. The first-order valence-electron chi connectivity index (χ1n) is 8.73. The molecule has 1 aromatic rings. The SMILES string of the molecule is CCC(C)N1CCc2nc(NC(C)C)nc(NC3CC3)c2C1. The summed E-state index contributed by atoms with van der Waals surface area (Å²) >= 11 is 0. The van der Waals surface area contributed by atoms with Crippen LogP contribution >= 0.6 is 0 Å². The molecule has 1 saturated carbocycles. The highest BCUT2D eigenvalue weighted by Crippen LogP contribution is 2.31. The van der Waals surface area contributed by atoms with E-state index in [1.807, 2.05) is 0 Å². The topological polar surface area (TPSA) is 53.1 Å². The van der Waals surface area contributed by atoms with Crippen LogP contribution in [0.4, 0.5) is 11.8 Å². The molecule has 1 unspecified atom stereocenters. The highest BCUT2D eigenvalue weighted by Gasteiger charge is 2.28. The lowest BCUT2D eigenvalue weighted by Gasteiger charge is -2.33. The number of fused-ring (bicyclic) bond motifs is 1. The van der Waals surface area contributed by atoms with Gasteiger partial charge in [-0.15, -0.1) is 0 Å². The number of aromatic nitrogens is 2. The van der Waals surface area contributed by atoms with Crippen LogP contribution in [-0.2, 0) is 13.0 Å². The quantitative estimate of drug-likeness (QED) is 0.846. The summed E-state index contributed by atoms with van der Waals surface area (Å²) in [5.74, 6) is 1.83. The summed E-state index contributed by atoms with van der Waals surface area (Å²) in [6.07, 6.45) is 4.74. The fourth-order valence-electron chi connectivity index (χ4n) is 2.93. The average Bonchev–Trinajstić information content (AvgIpc) is 3.29. The summed E-state index contributed by atoms with van der Waals surface area (Å²) in [6, 6.07) is 1.59. The lowest BCUT2D eigenvalue weighted by atomic mass is 10.0. The first-order chi connectivity index (χ1) is 10.6. The number of nitrogens with one attached hydrogen (secondary N) is 2. The minimum Gasteiger partial charge on any atom is -0.367 e. The van der Waals surface area contributed by atoms with E-state index in [0.29, 0.717) is 18.1 Å². The maximum Gasteiger partial charge on any atom is 0.225 e. The van der Waals surface area contributed by atoms with E-state index >= 15 is 0 Å². The lowest BCUT2D eigenvalue weighted by Crippen LogP contribution is -2.38. The van der Waals surface area contributed by atoms with Gasteiger partial charge in [0, 0.05) is 43.2 Å². The van der Waals surface area contributed by atoms with Crippen molar-refractivity contribution in [3.8, 4) is 0 Å². The van der Waals surface area contributed by atoms with Gasteiger partial charge < -0.3 is 10.6 Å². The Labute approximate surface area is 133 Å². The van der Waals surface area contributed by atoms with Gasteiger partial charge in [-0.1, -0.05) is 6.92 Å². The van der Waals surface area contributed by atoms with Crippen LogP contribution in [-0.4, -0.2) is 39.5 Å². The van der Waals surface area contributed by atoms with Gasteiger partial charge in [-0.2, -0.15) is 4.98 Å². The van der Waals surface area contributed by atoms with E-state index in [1.54, 1.807) is 0 Å². The molecule has 1 atom stereocenters. The molecule has 1 aromatic heterocycles. The Balaban J connectivity index is 1.88. The van der Waals surface area contributed by atoms with E-state index in [9.17, 15) is 0 Å².